The van der Waals surface area contributed by atoms with Crippen molar-refractivity contribution in [2.75, 3.05) is 5.75 Å². The number of hydrogen-bond acceptors (Lipinski definition) is 2. The second-order valence-electron chi connectivity index (χ2n) is 2.88. The lowest BCUT2D eigenvalue weighted by Crippen LogP contribution is -1.83. The van der Waals surface area contributed by atoms with Crippen molar-refractivity contribution < 1.29 is 0 Å². The highest BCUT2D eigenvalue weighted by Crippen LogP contribution is 2.47. The maximum atomic E-state index is 2.29. The molecule has 1 aromatic rings. The van der Waals surface area contributed by atoms with E-state index in [1.165, 1.54) is 16.9 Å². The molecule has 0 radical (unpaired) electrons. The van der Waals surface area contributed by atoms with E-state index in [9.17, 15) is 0 Å². The van der Waals surface area contributed by atoms with E-state index < -0.39 is 0 Å². The first-order chi connectivity index (χ1) is 5.86. The highest BCUT2D eigenvalue weighted by molar-refractivity contribution is 8.20. The van der Waals surface area contributed by atoms with Crippen molar-refractivity contribution in [1.82, 2.24) is 0 Å². The van der Waals surface area contributed by atoms with Gasteiger partial charge in [0.25, 0.3) is 0 Å². The zero-order valence-electron chi connectivity index (χ0n) is 6.99. The predicted octanol–water partition coefficient (Wildman–Crippen LogP) is 3.64. The third-order valence-electron chi connectivity index (χ3n) is 1.88. The number of rotatable bonds is 1. The molecule has 0 aromatic heterocycles. The fraction of sp³-hybridized carbons (Fsp3) is 0.300. The van der Waals surface area contributed by atoms with Crippen molar-refractivity contribution >= 4 is 23.5 Å². The van der Waals surface area contributed by atoms with E-state index >= 15 is 0 Å². The molecular weight excluding hydrogens is 184 g/mol. The molecule has 0 saturated carbocycles. The molecule has 0 bridgehead atoms. The average Bonchev–Trinajstić information content (AvgIpc) is 2.58. The van der Waals surface area contributed by atoms with Gasteiger partial charge in [-0.05, 0) is 12.5 Å². The summed E-state index contributed by atoms with van der Waals surface area (Å²) in [6, 6.07) is 8.85. The van der Waals surface area contributed by atoms with Crippen molar-refractivity contribution in [2.45, 2.75) is 11.5 Å². The van der Waals surface area contributed by atoms with E-state index in [1.54, 1.807) is 0 Å². The van der Waals surface area contributed by atoms with Crippen LogP contribution >= 0.6 is 23.5 Å². The Morgan fingerprint density at radius 1 is 1.33 bits per heavy atom. The molecule has 1 atom stereocenters. The Hall–Kier alpha value is -0.210. The van der Waals surface area contributed by atoms with Gasteiger partial charge in [-0.1, -0.05) is 41.6 Å². The van der Waals surface area contributed by atoms with Crippen LogP contribution in [-0.4, -0.2) is 5.75 Å². The monoisotopic (exact) mass is 195 g/mol. The summed E-state index contributed by atoms with van der Waals surface area (Å²) in [4.78, 5) is 0. The van der Waals surface area contributed by atoms with Crippen LogP contribution in [0.1, 0.15) is 15.7 Å². The molecule has 0 spiro atoms. The fourth-order valence-electron chi connectivity index (χ4n) is 1.19. The predicted molar refractivity (Wildman–Crippen MR) is 58.3 cm³/mol. The first-order valence-corrected chi connectivity index (χ1v) is 6.01. The van der Waals surface area contributed by atoms with Gasteiger partial charge >= 0.3 is 0 Å². The summed E-state index contributed by atoms with van der Waals surface area (Å²) >= 11 is 3.95. The van der Waals surface area contributed by atoms with E-state index in [4.69, 9.17) is 0 Å². The molecule has 1 aliphatic rings. The van der Waals surface area contributed by atoms with Gasteiger partial charge in [-0.2, -0.15) is 0 Å². The van der Waals surface area contributed by atoms with E-state index in [1.807, 2.05) is 23.5 Å². The summed E-state index contributed by atoms with van der Waals surface area (Å²) in [5, 5.41) is 0. The molecule has 0 N–H and O–H groups in total. The third-order valence-corrected chi connectivity index (χ3v) is 4.65. The van der Waals surface area contributed by atoms with Crippen LogP contribution < -0.4 is 0 Å². The quantitative estimate of drug-likeness (QED) is 0.628. The normalized spacial score (nSPS) is 22.2. The van der Waals surface area contributed by atoms with Crippen LogP contribution in [0.3, 0.4) is 0 Å². The fourth-order valence-corrected chi connectivity index (χ4v) is 3.62. The molecule has 1 unspecified atom stereocenters. The molecule has 0 amide bonds. The summed E-state index contributed by atoms with van der Waals surface area (Å²) in [6.45, 7) is 2.13. The molecule has 1 fully saturated rings. The van der Waals surface area contributed by atoms with Gasteiger partial charge in [0.15, 0.2) is 5.75 Å². The van der Waals surface area contributed by atoms with Gasteiger partial charge in [-0.15, -0.1) is 0 Å². The molecular formula is C10H11S2+. The zero-order valence-corrected chi connectivity index (χ0v) is 8.62. The SMILES string of the molecule is Cc1ccc(C2S[CH+]CS2)cc1. The smallest absolute Gasteiger partial charge is 0.0889 e. The molecule has 2 rings (SSSR count). The summed E-state index contributed by atoms with van der Waals surface area (Å²) in [5.41, 5.74) is 2.79. The molecule has 0 nitrogen and oxygen atoms in total. The molecule has 1 aromatic carbocycles. The second-order valence-corrected chi connectivity index (χ2v) is 5.39. The Balaban J connectivity index is 2.17. The van der Waals surface area contributed by atoms with Crippen LogP contribution in [0.5, 0.6) is 0 Å². The minimum absolute atomic E-state index is 0.644. The summed E-state index contributed by atoms with van der Waals surface area (Å²) < 4.78 is 0.644. The van der Waals surface area contributed by atoms with E-state index in [0.29, 0.717) is 4.58 Å². The Morgan fingerprint density at radius 3 is 2.67 bits per heavy atom. The topological polar surface area (TPSA) is 0 Å². The largest absolute Gasteiger partial charge is 0.154 e. The highest BCUT2D eigenvalue weighted by Gasteiger charge is 2.26. The molecule has 0 aliphatic carbocycles. The second kappa shape index (κ2) is 3.67. The lowest BCUT2D eigenvalue weighted by Gasteiger charge is -2.03. The maximum absolute atomic E-state index is 2.29. The molecule has 12 heavy (non-hydrogen) atoms. The average molecular weight is 195 g/mol. The number of benzene rings is 1. The van der Waals surface area contributed by atoms with Gasteiger partial charge in [-0.3, -0.25) is 0 Å². The van der Waals surface area contributed by atoms with Gasteiger partial charge in [0, 0.05) is 0 Å². The first-order valence-electron chi connectivity index (χ1n) is 4.01. The maximum Gasteiger partial charge on any atom is 0.154 e. The molecule has 2 heteroatoms. The van der Waals surface area contributed by atoms with Crippen molar-refractivity contribution in [3.8, 4) is 0 Å². The Kier molecular flexibility index (Phi) is 2.57. The number of hydrogen-bond donors (Lipinski definition) is 0. The Bertz CT molecular complexity index is 247. The molecule has 62 valence electrons. The lowest BCUT2D eigenvalue weighted by molar-refractivity contribution is 1.35. The lowest BCUT2D eigenvalue weighted by atomic mass is 10.2. The van der Waals surface area contributed by atoms with Gasteiger partial charge in [-0.25, -0.2) is 0 Å². The van der Waals surface area contributed by atoms with E-state index in [0.717, 1.165) is 0 Å². The molecule has 1 aliphatic heterocycles. The van der Waals surface area contributed by atoms with Crippen LogP contribution in [0.4, 0.5) is 0 Å². The number of aryl methyl sites for hydroxylation is 1. The van der Waals surface area contributed by atoms with Gasteiger partial charge in [0.2, 0.25) is 0 Å². The summed E-state index contributed by atoms with van der Waals surface area (Å²) in [6.07, 6.45) is 0. The van der Waals surface area contributed by atoms with Crippen molar-refractivity contribution in [1.29, 1.82) is 0 Å². The van der Waals surface area contributed by atoms with Crippen LogP contribution in [-0.2, 0) is 0 Å². The zero-order chi connectivity index (χ0) is 8.39. The Labute approximate surface area is 82.1 Å². The summed E-state index contributed by atoms with van der Waals surface area (Å²) in [7, 11) is 0. The third kappa shape index (κ3) is 1.75. The first kappa shape index (κ1) is 8.39. The van der Waals surface area contributed by atoms with Gasteiger partial charge in [0.1, 0.15) is 10.3 Å². The van der Waals surface area contributed by atoms with Crippen molar-refractivity contribution in [2.24, 2.45) is 0 Å². The van der Waals surface area contributed by atoms with Crippen molar-refractivity contribution in [3.63, 3.8) is 0 Å². The van der Waals surface area contributed by atoms with Gasteiger partial charge < -0.3 is 0 Å². The van der Waals surface area contributed by atoms with Crippen LogP contribution in [0.25, 0.3) is 0 Å². The molecule has 1 saturated heterocycles. The minimum atomic E-state index is 0.644. The van der Waals surface area contributed by atoms with Crippen LogP contribution in [0.15, 0.2) is 24.3 Å². The minimum Gasteiger partial charge on any atom is -0.0889 e. The highest BCUT2D eigenvalue weighted by atomic mass is 32.2. The van der Waals surface area contributed by atoms with E-state index in [-0.39, 0.29) is 0 Å². The van der Waals surface area contributed by atoms with Gasteiger partial charge in [0.05, 0.1) is 11.8 Å². The standard InChI is InChI=1S/C10H11S2/c1-8-2-4-9(5-3-8)10-11-6-7-12-10/h2-6,10H,7H2,1H3/q+1. The van der Waals surface area contributed by atoms with E-state index in [2.05, 4.69) is 36.9 Å². The summed E-state index contributed by atoms with van der Waals surface area (Å²) in [5.74, 6) is 3.47. The number of thioether (sulfide) groups is 2. The van der Waals surface area contributed by atoms with Crippen LogP contribution in [0.2, 0.25) is 0 Å². The molecule has 1 heterocycles. The van der Waals surface area contributed by atoms with Crippen molar-refractivity contribution in [3.05, 3.63) is 41.1 Å². The Morgan fingerprint density at radius 2 is 2.08 bits per heavy atom. The van der Waals surface area contributed by atoms with Crippen LogP contribution in [0, 0.1) is 12.7 Å².